The maximum Gasteiger partial charge on any atom is 0.191 e. The highest BCUT2D eigenvalue weighted by molar-refractivity contribution is 5.79. The van der Waals surface area contributed by atoms with Crippen molar-refractivity contribution in [1.29, 1.82) is 0 Å². The highest BCUT2D eigenvalue weighted by atomic mass is 16.5. The van der Waals surface area contributed by atoms with Crippen LogP contribution in [0.2, 0.25) is 0 Å². The number of nitrogens with zero attached hydrogens (tertiary/aromatic N) is 4. The van der Waals surface area contributed by atoms with Crippen LogP contribution < -0.4 is 15.5 Å². The summed E-state index contributed by atoms with van der Waals surface area (Å²) in [5.41, 5.74) is 5.91. The van der Waals surface area contributed by atoms with Crippen LogP contribution in [0, 0.1) is 13.8 Å². The SMILES string of the molecule is CCNC(=NCc1ccc(N2CCOCC2)cc1)NCc1c(C)nn(C)c1C. The van der Waals surface area contributed by atoms with Crippen molar-refractivity contribution in [2.24, 2.45) is 12.0 Å². The number of aryl methyl sites for hydroxylation is 2. The first-order valence-corrected chi connectivity index (χ1v) is 10.0. The van der Waals surface area contributed by atoms with Crippen LogP contribution in [0.3, 0.4) is 0 Å². The summed E-state index contributed by atoms with van der Waals surface area (Å²) in [6.07, 6.45) is 0. The second-order valence-electron chi connectivity index (χ2n) is 7.09. The molecular weight excluding hydrogens is 352 g/mol. The minimum atomic E-state index is 0.643. The molecule has 1 fully saturated rings. The fraction of sp³-hybridized carbons (Fsp3) is 0.524. The average Bonchev–Trinajstić information content (AvgIpc) is 2.96. The van der Waals surface area contributed by atoms with Crippen molar-refractivity contribution in [3.05, 3.63) is 46.8 Å². The number of anilines is 1. The molecule has 0 aliphatic carbocycles. The van der Waals surface area contributed by atoms with Crippen LogP contribution in [0.1, 0.15) is 29.4 Å². The van der Waals surface area contributed by atoms with E-state index in [4.69, 9.17) is 9.73 Å². The van der Waals surface area contributed by atoms with Crippen molar-refractivity contribution >= 4 is 11.6 Å². The summed E-state index contributed by atoms with van der Waals surface area (Å²) in [6, 6.07) is 8.68. The molecule has 0 bridgehead atoms. The lowest BCUT2D eigenvalue weighted by molar-refractivity contribution is 0.122. The van der Waals surface area contributed by atoms with Gasteiger partial charge < -0.3 is 20.3 Å². The van der Waals surface area contributed by atoms with Gasteiger partial charge in [-0.15, -0.1) is 0 Å². The molecule has 3 rings (SSSR count). The van der Waals surface area contributed by atoms with Crippen molar-refractivity contribution in [3.63, 3.8) is 0 Å². The topological polar surface area (TPSA) is 66.7 Å². The maximum absolute atomic E-state index is 5.43. The number of aliphatic imine (C=N–C) groups is 1. The van der Waals surface area contributed by atoms with Gasteiger partial charge in [-0.25, -0.2) is 4.99 Å². The third-order valence-corrected chi connectivity index (χ3v) is 5.17. The van der Waals surface area contributed by atoms with Gasteiger partial charge in [-0.3, -0.25) is 4.68 Å². The van der Waals surface area contributed by atoms with E-state index in [2.05, 4.69) is 58.7 Å². The lowest BCUT2D eigenvalue weighted by Crippen LogP contribution is -2.37. The lowest BCUT2D eigenvalue weighted by atomic mass is 10.2. The summed E-state index contributed by atoms with van der Waals surface area (Å²) in [6.45, 7) is 11.9. The summed E-state index contributed by atoms with van der Waals surface area (Å²) < 4.78 is 7.35. The second-order valence-corrected chi connectivity index (χ2v) is 7.09. The van der Waals surface area contributed by atoms with Gasteiger partial charge in [-0.2, -0.15) is 5.10 Å². The molecular formula is C21H32N6O. The third-order valence-electron chi connectivity index (χ3n) is 5.17. The molecule has 2 heterocycles. The van der Waals surface area contributed by atoms with Crippen LogP contribution in [0.4, 0.5) is 5.69 Å². The first-order chi connectivity index (χ1) is 13.6. The Bertz CT molecular complexity index is 790. The van der Waals surface area contributed by atoms with E-state index >= 15 is 0 Å². The Labute approximate surface area is 167 Å². The quantitative estimate of drug-likeness (QED) is 0.590. The van der Waals surface area contributed by atoms with E-state index in [1.807, 2.05) is 18.7 Å². The molecule has 0 unspecified atom stereocenters. The van der Waals surface area contributed by atoms with E-state index in [-0.39, 0.29) is 0 Å². The standard InChI is InChI=1S/C21H32N6O/c1-5-22-21(24-15-20-16(2)25-26(4)17(20)3)23-14-18-6-8-19(9-7-18)27-10-12-28-13-11-27/h6-9H,5,10-15H2,1-4H3,(H2,22,23,24). The Morgan fingerprint density at radius 1 is 1.14 bits per heavy atom. The summed E-state index contributed by atoms with van der Waals surface area (Å²) in [5, 5.41) is 11.2. The Morgan fingerprint density at radius 3 is 2.46 bits per heavy atom. The maximum atomic E-state index is 5.43. The molecule has 2 N–H and O–H groups in total. The first kappa shape index (κ1) is 20.2. The summed E-state index contributed by atoms with van der Waals surface area (Å²) in [7, 11) is 1.98. The predicted molar refractivity (Wildman–Crippen MR) is 114 cm³/mol. The molecule has 1 saturated heterocycles. The number of hydrogen-bond donors (Lipinski definition) is 2. The van der Waals surface area contributed by atoms with Gasteiger partial charge in [-0.05, 0) is 38.5 Å². The number of nitrogens with one attached hydrogen (secondary N) is 2. The van der Waals surface area contributed by atoms with Gasteiger partial charge in [0.2, 0.25) is 0 Å². The van der Waals surface area contributed by atoms with Crippen LogP contribution in [0.5, 0.6) is 0 Å². The summed E-state index contributed by atoms with van der Waals surface area (Å²) >= 11 is 0. The Morgan fingerprint density at radius 2 is 1.86 bits per heavy atom. The van der Waals surface area contributed by atoms with Crippen LogP contribution in [0.15, 0.2) is 29.3 Å². The van der Waals surface area contributed by atoms with E-state index in [0.717, 1.165) is 44.5 Å². The van der Waals surface area contributed by atoms with Gasteiger partial charge in [0, 0.05) is 50.2 Å². The van der Waals surface area contributed by atoms with E-state index < -0.39 is 0 Å². The van der Waals surface area contributed by atoms with E-state index in [0.29, 0.717) is 13.1 Å². The fourth-order valence-electron chi connectivity index (χ4n) is 3.39. The van der Waals surface area contributed by atoms with Crippen LogP contribution in [0.25, 0.3) is 0 Å². The normalized spacial score (nSPS) is 15.0. The highest BCUT2D eigenvalue weighted by Gasteiger charge is 2.11. The molecule has 1 aliphatic rings. The Balaban J connectivity index is 1.60. The molecule has 1 aromatic carbocycles. The predicted octanol–water partition coefficient (Wildman–Crippen LogP) is 2.13. The first-order valence-electron chi connectivity index (χ1n) is 10.0. The highest BCUT2D eigenvalue weighted by Crippen LogP contribution is 2.17. The smallest absolute Gasteiger partial charge is 0.191 e. The lowest BCUT2D eigenvalue weighted by Gasteiger charge is -2.28. The van der Waals surface area contributed by atoms with Gasteiger partial charge in [-0.1, -0.05) is 12.1 Å². The van der Waals surface area contributed by atoms with Crippen molar-refractivity contribution < 1.29 is 4.74 Å². The van der Waals surface area contributed by atoms with Gasteiger partial charge in [0.25, 0.3) is 0 Å². The fourth-order valence-corrected chi connectivity index (χ4v) is 3.39. The van der Waals surface area contributed by atoms with Crippen molar-refractivity contribution in [2.75, 3.05) is 37.7 Å². The molecule has 0 spiro atoms. The van der Waals surface area contributed by atoms with Crippen LogP contribution >= 0.6 is 0 Å². The zero-order chi connectivity index (χ0) is 19.9. The molecule has 28 heavy (non-hydrogen) atoms. The molecule has 1 aromatic heterocycles. The molecule has 2 aromatic rings. The van der Waals surface area contributed by atoms with Crippen LogP contribution in [-0.2, 0) is 24.9 Å². The minimum absolute atomic E-state index is 0.643. The number of benzene rings is 1. The van der Waals surface area contributed by atoms with Crippen molar-refractivity contribution in [3.8, 4) is 0 Å². The third kappa shape index (κ3) is 5.04. The van der Waals surface area contributed by atoms with Crippen molar-refractivity contribution in [1.82, 2.24) is 20.4 Å². The molecule has 0 saturated carbocycles. The molecule has 0 amide bonds. The molecule has 7 heteroatoms. The summed E-state index contributed by atoms with van der Waals surface area (Å²) in [4.78, 5) is 7.10. The van der Waals surface area contributed by atoms with E-state index in [9.17, 15) is 0 Å². The van der Waals surface area contributed by atoms with Gasteiger partial charge >= 0.3 is 0 Å². The molecule has 0 radical (unpaired) electrons. The van der Waals surface area contributed by atoms with Gasteiger partial charge in [0.1, 0.15) is 0 Å². The number of morpholine rings is 1. The second kappa shape index (κ2) is 9.59. The largest absolute Gasteiger partial charge is 0.378 e. The van der Waals surface area contributed by atoms with E-state index in [1.165, 1.54) is 22.5 Å². The summed E-state index contributed by atoms with van der Waals surface area (Å²) in [5.74, 6) is 0.822. The van der Waals surface area contributed by atoms with E-state index in [1.54, 1.807) is 0 Å². The Hall–Kier alpha value is -2.54. The average molecular weight is 385 g/mol. The Kier molecular flexibility index (Phi) is 6.92. The molecule has 0 atom stereocenters. The van der Waals surface area contributed by atoms with Crippen molar-refractivity contribution in [2.45, 2.75) is 33.9 Å². The number of hydrogen-bond acceptors (Lipinski definition) is 4. The molecule has 152 valence electrons. The number of aromatic nitrogens is 2. The monoisotopic (exact) mass is 384 g/mol. The zero-order valence-corrected chi connectivity index (χ0v) is 17.5. The number of ether oxygens (including phenoxy) is 1. The number of guanidine groups is 1. The van der Waals surface area contributed by atoms with Gasteiger partial charge in [0.05, 0.1) is 25.5 Å². The zero-order valence-electron chi connectivity index (χ0n) is 17.5. The number of rotatable bonds is 6. The van der Waals surface area contributed by atoms with Gasteiger partial charge in [0.15, 0.2) is 5.96 Å². The minimum Gasteiger partial charge on any atom is -0.378 e. The van der Waals surface area contributed by atoms with Crippen LogP contribution in [-0.4, -0.2) is 48.6 Å². The molecule has 7 nitrogen and oxygen atoms in total. The molecule has 1 aliphatic heterocycles.